The fraction of sp³-hybridized carbons (Fsp3) is 0.533. The van der Waals surface area contributed by atoms with E-state index in [1.54, 1.807) is 18.9 Å². The summed E-state index contributed by atoms with van der Waals surface area (Å²) in [6.45, 7) is 0.466. The van der Waals surface area contributed by atoms with Gasteiger partial charge in [-0.25, -0.2) is 4.79 Å². The van der Waals surface area contributed by atoms with Crippen molar-refractivity contribution in [3.8, 4) is 5.75 Å². The maximum Gasteiger partial charge on any atom is 0.319 e. The first-order valence-corrected chi connectivity index (χ1v) is 8.28. The van der Waals surface area contributed by atoms with Gasteiger partial charge >= 0.3 is 6.03 Å². The Kier molecular flexibility index (Phi) is 5.36. The van der Waals surface area contributed by atoms with Crippen LogP contribution in [0.4, 0.5) is 10.5 Å². The van der Waals surface area contributed by atoms with Gasteiger partial charge < -0.3 is 20.5 Å². The van der Waals surface area contributed by atoms with Crippen LogP contribution in [0.2, 0.25) is 0 Å². The smallest absolute Gasteiger partial charge is 0.319 e. The number of urea groups is 1. The molecule has 1 aliphatic rings. The van der Waals surface area contributed by atoms with Crippen molar-refractivity contribution in [1.82, 2.24) is 5.32 Å². The molecule has 1 aromatic carbocycles. The minimum absolute atomic E-state index is 0.284. The lowest BCUT2D eigenvalue weighted by molar-refractivity contribution is -0.0388. The average molecular weight is 310 g/mol. The molecule has 0 saturated heterocycles. The van der Waals surface area contributed by atoms with Gasteiger partial charge in [0.1, 0.15) is 5.75 Å². The lowest BCUT2D eigenvalue weighted by Crippen LogP contribution is -2.41. The molecule has 0 aliphatic heterocycles. The number of carbonyl (C=O) groups excluding carboxylic acids is 1. The highest BCUT2D eigenvalue weighted by molar-refractivity contribution is 7.98. The molecule has 1 aliphatic carbocycles. The number of anilines is 1. The fourth-order valence-corrected chi connectivity index (χ4v) is 2.74. The second-order valence-electron chi connectivity index (χ2n) is 5.28. The summed E-state index contributed by atoms with van der Waals surface area (Å²) in [6.07, 6.45) is 5.32. The summed E-state index contributed by atoms with van der Waals surface area (Å²) in [5.74, 6) is 0.634. The van der Waals surface area contributed by atoms with E-state index in [0.29, 0.717) is 24.4 Å². The third kappa shape index (κ3) is 4.28. The third-order valence-electron chi connectivity index (χ3n) is 3.82. The molecule has 2 rings (SSSR count). The van der Waals surface area contributed by atoms with E-state index in [0.717, 1.165) is 24.2 Å². The predicted molar refractivity (Wildman–Crippen MR) is 85.2 cm³/mol. The second-order valence-corrected chi connectivity index (χ2v) is 6.15. The summed E-state index contributed by atoms with van der Waals surface area (Å²) in [5, 5.41) is 15.5. The third-order valence-corrected chi connectivity index (χ3v) is 4.54. The van der Waals surface area contributed by atoms with Gasteiger partial charge in [-0.1, -0.05) is 0 Å². The molecule has 0 heterocycles. The highest BCUT2D eigenvalue weighted by atomic mass is 32.2. The highest BCUT2D eigenvalue weighted by Crippen LogP contribution is 2.34. The zero-order chi connectivity index (χ0) is 15.3. The molecule has 116 valence electrons. The lowest BCUT2D eigenvalue weighted by atomic mass is 9.78. The molecule has 0 radical (unpaired) electrons. The molecule has 1 fully saturated rings. The Morgan fingerprint density at radius 1 is 1.48 bits per heavy atom. The number of thioether (sulfide) groups is 1. The van der Waals surface area contributed by atoms with Crippen LogP contribution >= 0.6 is 11.8 Å². The Labute approximate surface area is 129 Å². The van der Waals surface area contributed by atoms with Gasteiger partial charge in [0, 0.05) is 11.4 Å². The first kappa shape index (κ1) is 16.0. The molecular formula is C15H22N2O3S. The Morgan fingerprint density at radius 2 is 2.24 bits per heavy atom. The number of carbonyl (C=O) groups is 1. The first-order chi connectivity index (χ1) is 10.1. The molecule has 1 saturated carbocycles. The maximum atomic E-state index is 11.9. The van der Waals surface area contributed by atoms with E-state index < -0.39 is 5.60 Å². The van der Waals surface area contributed by atoms with Gasteiger partial charge in [0.2, 0.25) is 0 Å². The van der Waals surface area contributed by atoms with Crippen LogP contribution in [-0.4, -0.2) is 36.6 Å². The number of nitrogens with one attached hydrogen (secondary N) is 2. The maximum absolute atomic E-state index is 11.9. The van der Waals surface area contributed by atoms with Crippen LogP contribution in [-0.2, 0) is 0 Å². The van der Waals surface area contributed by atoms with Crippen LogP contribution in [0.15, 0.2) is 23.1 Å². The minimum Gasteiger partial charge on any atom is -0.495 e. The van der Waals surface area contributed by atoms with Gasteiger partial charge in [0.25, 0.3) is 0 Å². The Hall–Kier alpha value is -1.40. The summed E-state index contributed by atoms with van der Waals surface area (Å²) in [6, 6.07) is 5.36. The topological polar surface area (TPSA) is 70.6 Å². The number of hydrogen-bond donors (Lipinski definition) is 3. The van der Waals surface area contributed by atoms with E-state index in [1.165, 1.54) is 0 Å². The van der Waals surface area contributed by atoms with Crippen molar-refractivity contribution >= 4 is 23.5 Å². The van der Waals surface area contributed by atoms with Crippen LogP contribution in [0.1, 0.15) is 25.7 Å². The van der Waals surface area contributed by atoms with Crippen molar-refractivity contribution in [3.63, 3.8) is 0 Å². The van der Waals surface area contributed by atoms with Crippen molar-refractivity contribution in [1.29, 1.82) is 0 Å². The number of methoxy groups -OCH3 is 1. The van der Waals surface area contributed by atoms with Gasteiger partial charge in [-0.2, -0.15) is 0 Å². The van der Waals surface area contributed by atoms with Gasteiger partial charge in [0.05, 0.1) is 18.4 Å². The number of aliphatic hydroxyl groups is 1. The van der Waals surface area contributed by atoms with Crippen molar-refractivity contribution in [3.05, 3.63) is 18.2 Å². The highest BCUT2D eigenvalue weighted by Gasteiger charge is 2.33. The zero-order valence-corrected chi connectivity index (χ0v) is 13.3. The summed E-state index contributed by atoms with van der Waals surface area (Å²) >= 11 is 1.62. The van der Waals surface area contributed by atoms with Crippen LogP contribution in [0.3, 0.4) is 0 Å². The minimum atomic E-state index is -0.565. The number of amides is 2. The van der Waals surface area contributed by atoms with E-state index >= 15 is 0 Å². The van der Waals surface area contributed by atoms with Crippen LogP contribution in [0.5, 0.6) is 5.75 Å². The monoisotopic (exact) mass is 310 g/mol. The SMILES string of the molecule is COc1cc(SC)ccc1NC(=O)NCCC1(O)CCC1. The molecule has 2 amide bonds. The Balaban J connectivity index is 1.84. The van der Waals surface area contributed by atoms with E-state index in [-0.39, 0.29) is 6.03 Å². The quantitative estimate of drug-likeness (QED) is 0.707. The molecule has 21 heavy (non-hydrogen) atoms. The molecule has 0 aromatic heterocycles. The lowest BCUT2D eigenvalue weighted by Gasteiger charge is -2.36. The van der Waals surface area contributed by atoms with Gasteiger partial charge in [-0.15, -0.1) is 11.8 Å². The molecule has 0 spiro atoms. The zero-order valence-electron chi connectivity index (χ0n) is 12.4. The number of ether oxygens (including phenoxy) is 1. The number of hydrogen-bond acceptors (Lipinski definition) is 4. The molecule has 0 unspecified atom stereocenters. The van der Waals surface area contributed by atoms with Crippen molar-refractivity contribution < 1.29 is 14.6 Å². The van der Waals surface area contributed by atoms with Crippen molar-refractivity contribution in [2.75, 3.05) is 25.2 Å². The van der Waals surface area contributed by atoms with Gasteiger partial charge in [-0.05, 0) is 50.1 Å². The first-order valence-electron chi connectivity index (χ1n) is 7.05. The molecule has 0 atom stereocenters. The van der Waals surface area contributed by atoms with Crippen molar-refractivity contribution in [2.45, 2.75) is 36.2 Å². The van der Waals surface area contributed by atoms with E-state index in [4.69, 9.17) is 4.74 Å². The van der Waals surface area contributed by atoms with Crippen LogP contribution in [0, 0.1) is 0 Å². The molecule has 5 nitrogen and oxygen atoms in total. The summed E-state index contributed by atoms with van der Waals surface area (Å²) in [7, 11) is 1.58. The second kappa shape index (κ2) is 7.04. The standard InChI is InChI=1S/C15H22N2O3S/c1-20-13-10-11(21-2)4-5-12(13)17-14(18)16-9-8-15(19)6-3-7-15/h4-5,10,19H,3,6-9H2,1-2H3,(H2,16,17,18). The van der Waals surface area contributed by atoms with E-state index in [1.807, 2.05) is 24.5 Å². The summed E-state index contributed by atoms with van der Waals surface area (Å²) < 4.78 is 5.28. The Morgan fingerprint density at radius 3 is 2.81 bits per heavy atom. The van der Waals surface area contributed by atoms with E-state index in [2.05, 4.69) is 10.6 Å². The molecule has 3 N–H and O–H groups in total. The average Bonchev–Trinajstić information content (AvgIpc) is 2.45. The number of benzene rings is 1. The molecule has 0 bridgehead atoms. The normalized spacial score (nSPS) is 16.0. The fourth-order valence-electron chi connectivity index (χ4n) is 2.31. The van der Waals surface area contributed by atoms with Gasteiger partial charge in [0.15, 0.2) is 0 Å². The van der Waals surface area contributed by atoms with Crippen molar-refractivity contribution in [2.24, 2.45) is 0 Å². The molecule has 1 aromatic rings. The largest absolute Gasteiger partial charge is 0.495 e. The molecule has 6 heteroatoms. The summed E-state index contributed by atoms with van der Waals surface area (Å²) in [4.78, 5) is 12.9. The molecular weight excluding hydrogens is 288 g/mol. The van der Waals surface area contributed by atoms with Crippen LogP contribution in [0.25, 0.3) is 0 Å². The van der Waals surface area contributed by atoms with Crippen LogP contribution < -0.4 is 15.4 Å². The van der Waals surface area contributed by atoms with E-state index in [9.17, 15) is 9.90 Å². The summed E-state index contributed by atoms with van der Waals surface area (Å²) in [5.41, 5.74) is 0.0699. The van der Waals surface area contributed by atoms with Gasteiger partial charge in [-0.3, -0.25) is 0 Å². The Bertz CT molecular complexity index is 504. The predicted octanol–water partition coefficient (Wildman–Crippen LogP) is 2.84. The number of rotatable bonds is 6.